The van der Waals surface area contributed by atoms with Gasteiger partial charge in [0.2, 0.25) is 0 Å². The SMILES string of the molecule is CC.CC.CC.CN(C)C(=O)COc1ccc(CNC(=O)OC(C)(C)C)cc1. The van der Waals surface area contributed by atoms with Gasteiger partial charge in [-0.3, -0.25) is 4.79 Å². The summed E-state index contributed by atoms with van der Waals surface area (Å²) < 4.78 is 10.5. The average molecular weight is 399 g/mol. The van der Waals surface area contributed by atoms with Crippen LogP contribution in [0.5, 0.6) is 5.75 Å². The lowest BCUT2D eigenvalue weighted by atomic mass is 10.2. The Hall–Kier alpha value is -2.24. The topological polar surface area (TPSA) is 67.9 Å². The van der Waals surface area contributed by atoms with Gasteiger partial charge in [0.25, 0.3) is 5.91 Å². The van der Waals surface area contributed by atoms with Gasteiger partial charge in [-0.2, -0.15) is 0 Å². The maximum atomic E-state index is 11.5. The molecule has 0 atom stereocenters. The summed E-state index contributed by atoms with van der Waals surface area (Å²) in [5.74, 6) is 0.506. The summed E-state index contributed by atoms with van der Waals surface area (Å²) in [7, 11) is 3.36. The first kappa shape index (κ1) is 30.5. The number of amides is 2. The van der Waals surface area contributed by atoms with Gasteiger partial charge >= 0.3 is 6.09 Å². The highest BCUT2D eigenvalue weighted by Crippen LogP contribution is 2.12. The van der Waals surface area contributed by atoms with E-state index in [1.165, 1.54) is 4.90 Å². The second-order valence-electron chi connectivity index (χ2n) is 6.08. The van der Waals surface area contributed by atoms with E-state index in [9.17, 15) is 9.59 Å². The minimum absolute atomic E-state index is 0.00249. The zero-order valence-corrected chi connectivity index (χ0v) is 19.8. The molecule has 1 aromatic carbocycles. The third-order valence-corrected chi connectivity index (χ3v) is 2.62. The fraction of sp³-hybridized carbons (Fsp3) is 0.636. The minimum Gasteiger partial charge on any atom is -0.484 e. The molecule has 0 unspecified atom stereocenters. The smallest absolute Gasteiger partial charge is 0.407 e. The van der Waals surface area contributed by atoms with Crippen LogP contribution in [0.25, 0.3) is 0 Å². The van der Waals surface area contributed by atoms with Crippen molar-refractivity contribution < 1.29 is 19.1 Å². The molecule has 1 N–H and O–H groups in total. The maximum absolute atomic E-state index is 11.5. The average Bonchev–Trinajstić information content (AvgIpc) is 2.68. The van der Waals surface area contributed by atoms with Gasteiger partial charge in [-0.15, -0.1) is 0 Å². The van der Waals surface area contributed by atoms with Crippen LogP contribution in [0.1, 0.15) is 67.9 Å². The molecular weight excluding hydrogens is 356 g/mol. The number of nitrogens with zero attached hydrogens (tertiary/aromatic N) is 1. The van der Waals surface area contributed by atoms with Crippen molar-refractivity contribution in [1.82, 2.24) is 10.2 Å². The Morgan fingerprint density at radius 1 is 0.929 bits per heavy atom. The predicted molar refractivity (Wildman–Crippen MR) is 118 cm³/mol. The molecule has 0 aliphatic heterocycles. The summed E-state index contributed by atoms with van der Waals surface area (Å²) >= 11 is 0. The molecule has 0 heterocycles. The van der Waals surface area contributed by atoms with Gasteiger partial charge in [0, 0.05) is 20.6 Å². The van der Waals surface area contributed by atoms with Crippen LogP contribution in [0.4, 0.5) is 4.79 Å². The number of likely N-dealkylation sites (N-methyl/N-ethyl adjacent to an activating group) is 1. The van der Waals surface area contributed by atoms with Crippen LogP contribution >= 0.6 is 0 Å². The standard InChI is InChI=1S/C16H24N2O4.3C2H6/c1-16(2,3)22-15(20)17-10-12-6-8-13(9-7-12)21-11-14(19)18(4)5;3*1-2/h6-9H,10-11H2,1-5H3,(H,17,20);3*1-2H3. The number of benzene rings is 1. The molecular formula is C22H42N2O4. The van der Waals surface area contributed by atoms with Crippen molar-refractivity contribution in [3.8, 4) is 5.75 Å². The fourth-order valence-electron chi connectivity index (χ4n) is 1.47. The first-order valence-corrected chi connectivity index (χ1v) is 10.1. The van der Waals surface area contributed by atoms with Crippen LogP contribution < -0.4 is 10.1 Å². The normalized spacial score (nSPS) is 9.11. The Bertz CT molecular complexity index is 506. The Balaban J connectivity index is -0.000000946. The van der Waals surface area contributed by atoms with Crippen LogP contribution in [0.2, 0.25) is 0 Å². The first-order chi connectivity index (χ1) is 13.2. The minimum atomic E-state index is -0.513. The molecule has 6 heteroatoms. The van der Waals surface area contributed by atoms with Gasteiger partial charge in [-0.1, -0.05) is 53.7 Å². The highest BCUT2D eigenvalue weighted by molar-refractivity contribution is 5.77. The lowest BCUT2D eigenvalue weighted by molar-refractivity contribution is -0.130. The summed E-state index contributed by atoms with van der Waals surface area (Å²) in [6, 6.07) is 7.17. The molecule has 0 aliphatic rings. The van der Waals surface area contributed by atoms with Gasteiger partial charge < -0.3 is 19.7 Å². The van der Waals surface area contributed by atoms with Crippen molar-refractivity contribution in [2.45, 2.75) is 74.5 Å². The number of carbonyl (C=O) groups is 2. The molecule has 2 amide bonds. The van der Waals surface area contributed by atoms with Gasteiger partial charge in [-0.05, 0) is 38.5 Å². The number of hydrogen-bond donors (Lipinski definition) is 1. The van der Waals surface area contributed by atoms with E-state index in [1.54, 1.807) is 26.2 Å². The van der Waals surface area contributed by atoms with Crippen LogP contribution in [0.15, 0.2) is 24.3 Å². The summed E-state index contributed by atoms with van der Waals surface area (Å²) in [6.45, 7) is 17.8. The molecule has 6 nitrogen and oxygen atoms in total. The summed E-state index contributed by atoms with van der Waals surface area (Å²) in [5, 5.41) is 2.68. The van der Waals surface area contributed by atoms with E-state index in [1.807, 2.05) is 74.4 Å². The molecule has 0 spiro atoms. The highest BCUT2D eigenvalue weighted by atomic mass is 16.6. The van der Waals surface area contributed by atoms with Crippen LogP contribution in [0, 0.1) is 0 Å². The lowest BCUT2D eigenvalue weighted by Gasteiger charge is -2.19. The number of ether oxygens (including phenoxy) is 2. The van der Waals surface area contributed by atoms with Crippen LogP contribution in [-0.2, 0) is 16.1 Å². The van der Waals surface area contributed by atoms with Crippen LogP contribution in [0.3, 0.4) is 0 Å². The van der Waals surface area contributed by atoms with E-state index in [2.05, 4.69) is 5.32 Å². The van der Waals surface area contributed by atoms with Gasteiger partial charge in [0.15, 0.2) is 6.61 Å². The van der Waals surface area contributed by atoms with Crippen molar-refractivity contribution in [2.75, 3.05) is 20.7 Å². The molecule has 1 rings (SSSR count). The Kier molecular flexibility index (Phi) is 19.7. The number of alkyl carbamates (subject to hydrolysis) is 1. The monoisotopic (exact) mass is 398 g/mol. The van der Waals surface area contributed by atoms with Gasteiger partial charge in [0.05, 0.1) is 0 Å². The van der Waals surface area contributed by atoms with E-state index < -0.39 is 11.7 Å². The number of carbonyl (C=O) groups excluding carboxylic acids is 2. The number of nitrogens with one attached hydrogen (secondary N) is 1. The molecule has 0 saturated carbocycles. The molecule has 1 aromatic rings. The molecule has 0 fully saturated rings. The Morgan fingerprint density at radius 2 is 1.39 bits per heavy atom. The third kappa shape index (κ3) is 17.2. The van der Waals surface area contributed by atoms with Crippen molar-refractivity contribution in [1.29, 1.82) is 0 Å². The molecule has 0 saturated heterocycles. The Labute approximate surface area is 172 Å². The fourth-order valence-corrected chi connectivity index (χ4v) is 1.47. The zero-order valence-electron chi connectivity index (χ0n) is 19.8. The first-order valence-electron chi connectivity index (χ1n) is 10.1. The van der Waals surface area contributed by atoms with E-state index in [0.717, 1.165) is 5.56 Å². The highest BCUT2D eigenvalue weighted by Gasteiger charge is 2.15. The van der Waals surface area contributed by atoms with Crippen molar-refractivity contribution in [2.24, 2.45) is 0 Å². The molecule has 164 valence electrons. The largest absolute Gasteiger partial charge is 0.484 e. The number of hydrogen-bond acceptors (Lipinski definition) is 4. The summed E-state index contributed by atoms with van der Waals surface area (Å²) in [6.07, 6.45) is -0.454. The third-order valence-electron chi connectivity index (χ3n) is 2.62. The zero-order chi connectivity index (χ0) is 22.8. The molecule has 0 bridgehead atoms. The van der Waals surface area contributed by atoms with E-state index >= 15 is 0 Å². The van der Waals surface area contributed by atoms with E-state index in [-0.39, 0.29) is 12.5 Å². The van der Waals surface area contributed by atoms with E-state index in [4.69, 9.17) is 9.47 Å². The second-order valence-corrected chi connectivity index (χ2v) is 6.08. The summed E-state index contributed by atoms with van der Waals surface area (Å²) in [4.78, 5) is 24.4. The molecule has 0 aromatic heterocycles. The van der Waals surface area contributed by atoms with E-state index in [0.29, 0.717) is 12.3 Å². The quantitative estimate of drug-likeness (QED) is 0.735. The molecule has 0 aliphatic carbocycles. The maximum Gasteiger partial charge on any atom is 0.407 e. The molecule has 28 heavy (non-hydrogen) atoms. The van der Waals surface area contributed by atoms with Crippen molar-refractivity contribution in [3.63, 3.8) is 0 Å². The summed E-state index contributed by atoms with van der Waals surface area (Å²) in [5.41, 5.74) is 0.401. The molecule has 0 radical (unpaired) electrons. The van der Waals surface area contributed by atoms with Crippen LogP contribution in [-0.4, -0.2) is 43.2 Å². The Morgan fingerprint density at radius 3 is 1.79 bits per heavy atom. The predicted octanol–water partition coefficient (Wildman–Crippen LogP) is 5.26. The van der Waals surface area contributed by atoms with Gasteiger partial charge in [0.1, 0.15) is 11.4 Å². The number of rotatable bonds is 5. The van der Waals surface area contributed by atoms with Gasteiger partial charge in [-0.25, -0.2) is 4.79 Å². The second kappa shape index (κ2) is 18.1. The van der Waals surface area contributed by atoms with Crippen molar-refractivity contribution >= 4 is 12.0 Å². The van der Waals surface area contributed by atoms with Crippen molar-refractivity contribution in [3.05, 3.63) is 29.8 Å². The lowest BCUT2D eigenvalue weighted by Crippen LogP contribution is -2.32.